The third kappa shape index (κ3) is 4.49. The van der Waals surface area contributed by atoms with Gasteiger partial charge in [0.05, 0.1) is 12.8 Å². The molecule has 10 nitrogen and oxygen atoms in total. The molecular weight excluding hydrogens is 428 g/mol. The van der Waals surface area contributed by atoms with Crippen molar-refractivity contribution in [2.75, 3.05) is 12.5 Å². The lowest BCUT2D eigenvalue weighted by Gasteiger charge is -2.18. The van der Waals surface area contributed by atoms with Crippen molar-refractivity contribution in [2.45, 2.75) is 19.5 Å². The molecule has 32 heavy (non-hydrogen) atoms. The van der Waals surface area contributed by atoms with Crippen LogP contribution < -0.4 is 21.7 Å². The lowest BCUT2D eigenvalue weighted by molar-refractivity contribution is -0.142. The summed E-state index contributed by atoms with van der Waals surface area (Å²) in [5.74, 6) is -3.23. The zero-order valence-corrected chi connectivity index (χ0v) is 17.0. The summed E-state index contributed by atoms with van der Waals surface area (Å²) in [4.78, 5) is 41.2. The second-order valence-electron chi connectivity index (χ2n) is 6.67. The van der Waals surface area contributed by atoms with Crippen LogP contribution in [0.25, 0.3) is 11.0 Å². The van der Waals surface area contributed by atoms with Crippen LogP contribution in [0.5, 0.6) is 0 Å². The molecule has 0 spiro atoms. The lowest BCUT2D eigenvalue weighted by Crippen LogP contribution is -2.41. The number of hydrogen-bond donors (Lipinski definition) is 4. The van der Waals surface area contributed by atoms with Crippen LogP contribution in [0, 0.1) is 11.6 Å². The van der Waals surface area contributed by atoms with Crippen molar-refractivity contribution < 1.29 is 28.3 Å². The van der Waals surface area contributed by atoms with Crippen LogP contribution in [-0.2, 0) is 16.1 Å². The Hall–Kier alpha value is -4.06. The summed E-state index contributed by atoms with van der Waals surface area (Å²) in [6, 6.07) is 4.97. The minimum absolute atomic E-state index is 0.0153. The van der Waals surface area contributed by atoms with Gasteiger partial charge < -0.3 is 20.7 Å². The van der Waals surface area contributed by atoms with Gasteiger partial charge in [-0.2, -0.15) is 0 Å². The lowest BCUT2D eigenvalue weighted by atomic mass is 10.1. The number of methoxy groups -OCH3 is 1. The first kappa shape index (κ1) is 22.6. The molecular formula is C20H19F2N5O5. The summed E-state index contributed by atoms with van der Waals surface area (Å²) in [5, 5.41) is 12.8. The minimum atomic E-state index is -1.11. The molecule has 0 unspecified atom stereocenters. The van der Waals surface area contributed by atoms with Gasteiger partial charge in [0, 0.05) is 29.8 Å². The van der Waals surface area contributed by atoms with Crippen molar-refractivity contribution >= 4 is 28.6 Å². The van der Waals surface area contributed by atoms with E-state index in [1.54, 1.807) is 0 Å². The first-order valence-electron chi connectivity index (χ1n) is 9.29. The van der Waals surface area contributed by atoms with E-state index in [4.69, 9.17) is 0 Å². The second-order valence-corrected chi connectivity index (χ2v) is 6.67. The number of aromatic nitrogens is 2. The van der Waals surface area contributed by atoms with Crippen LogP contribution >= 0.6 is 0 Å². The van der Waals surface area contributed by atoms with Crippen molar-refractivity contribution in [1.29, 1.82) is 0 Å². The molecule has 0 aliphatic heterocycles. The zero-order valence-electron chi connectivity index (χ0n) is 17.0. The summed E-state index contributed by atoms with van der Waals surface area (Å²) in [6.07, 6.45) is 1.33. The maximum absolute atomic E-state index is 13.9. The average Bonchev–Trinajstić information content (AvgIpc) is 2.78. The molecule has 0 fully saturated rings. The molecule has 2 aromatic heterocycles. The van der Waals surface area contributed by atoms with E-state index < -0.39 is 40.7 Å². The predicted molar refractivity (Wildman–Crippen MR) is 109 cm³/mol. The Balaban J connectivity index is 2.00. The van der Waals surface area contributed by atoms with Crippen molar-refractivity contribution in [2.24, 2.45) is 0 Å². The first-order valence-corrected chi connectivity index (χ1v) is 9.29. The van der Waals surface area contributed by atoms with Crippen LogP contribution in [0.4, 0.5) is 14.5 Å². The summed E-state index contributed by atoms with van der Waals surface area (Å²) in [6.45, 7) is 1.12. The predicted octanol–water partition coefficient (Wildman–Crippen LogP) is 1.32. The number of amides is 1. The Morgan fingerprint density at radius 3 is 2.72 bits per heavy atom. The van der Waals surface area contributed by atoms with E-state index in [0.29, 0.717) is 6.07 Å². The maximum atomic E-state index is 13.9. The topological polar surface area (TPSA) is 135 Å². The number of ether oxygens (including phenoxy) is 1. The highest BCUT2D eigenvalue weighted by Crippen LogP contribution is 2.23. The molecule has 4 N–H and O–H groups in total. The number of hydrogen-bond acceptors (Lipinski definition) is 8. The molecule has 0 aliphatic rings. The van der Waals surface area contributed by atoms with Crippen molar-refractivity contribution in [3.8, 4) is 0 Å². The number of nitrogens with zero attached hydrogens (tertiary/aromatic N) is 2. The molecule has 0 bridgehead atoms. The number of rotatable bonds is 7. The molecule has 1 amide bonds. The fourth-order valence-electron chi connectivity index (χ4n) is 2.89. The van der Waals surface area contributed by atoms with E-state index in [1.807, 2.05) is 0 Å². The smallest absolute Gasteiger partial charge is 0.324 e. The van der Waals surface area contributed by atoms with Crippen LogP contribution in [0.3, 0.4) is 0 Å². The van der Waals surface area contributed by atoms with Gasteiger partial charge in [0.1, 0.15) is 23.2 Å². The summed E-state index contributed by atoms with van der Waals surface area (Å²) < 4.78 is 31.8. The molecule has 0 radical (unpaired) electrons. The van der Waals surface area contributed by atoms with E-state index in [2.05, 4.69) is 25.9 Å². The summed E-state index contributed by atoms with van der Waals surface area (Å²) in [5.41, 5.74) is 3.38. The number of esters is 1. The monoisotopic (exact) mass is 447 g/mol. The molecule has 2 heterocycles. The highest BCUT2D eigenvalue weighted by atomic mass is 19.1. The molecule has 0 aliphatic carbocycles. The molecule has 1 atom stereocenters. The third-order valence-electron chi connectivity index (χ3n) is 4.56. The van der Waals surface area contributed by atoms with Crippen LogP contribution in [0.1, 0.15) is 22.8 Å². The largest absolute Gasteiger partial charge is 0.468 e. The fraction of sp³-hybridized carbons (Fsp3) is 0.200. The van der Waals surface area contributed by atoms with E-state index in [0.717, 1.165) is 12.1 Å². The molecule has 0 saturated heterocycles. The molecule has 3 aromatic rings. The van der Waals surface area contributed by atoms with Crippen LogP contribution in [-0.4, -0.2) is 39.9 Å². The summed E-state index contributed by atoms with van der Waals surface area (Å²) in [7, 11) is 1.19. The van der Waals surface area contributed by atoms with E-state index in [1.165, 1.54) is 32.4 Å². The van der Waals surface area contributed by atoms with Gasteiger partial charge in [-0.1, -0.05) is 6.07 Å². The number of benzene rings is 1. The van der Waals surface area contributed by atoms with E-state index in [-0.39, 0.29) is 33.6 Å². The Labute approximate surface area is 179 Å². The molecule has 1 aromatic carbocycles. The SMILES string of the molecule is COC(=O)[C@@H](C)NNc1c(C(=O)NCc2ccc(F)cc2F)c(=O)n(O)c2ncccc12. The number of halogens is 2. The Morgan fingerprint density at radius 2 is 2.03 bits per heavy atom. The van der Waals surface area contributed by atoms with Gasteiger partial charge in [0.25, 0.3) is 11.5 Å². The quantitative estimate of drug-likeness (QED) is 0.242. The number of carbonyl (C=O) groups is 2. The van der Waals surface area contributed by atoms with Crippen molar-refractivity contribution in [1.82, 2.24) is 20.5 Å². The third-order valence-corrected chi connectivity index (χ3v) is 4.56. The number of carbonyl (C=O) groups excluding carboxylic acids is 2. The zero-order chi connectivity index (χ0) is 23.4. The first-order chi connectivity index (χ1) is 15.2. The van der Waals surface area contributed by atoms with Gasteiger partial charge in [-0.05, 0) is 25.1 Å². The average molecular weight is 447 g/mol. The molecule has 3 rings (SSSR count). The molecule has 168 valence electrons. The Morgan fingerprint density at radius 1 is 1.28 bits per heavy atom. The number of nitrogens with one attached hydrogen (secondary N) is 3. The Kier molecular flexibility index (Phi) is 6.64. The number of hydrazine groups is 1. The highest BCUT2D eigenvalue weighted by Gasteiger charge is 2.24. The standard InChI is InChI=1S/C20H19F2N5O5/c1-10(20(30)32-2)25-26-16-13-4-3-7-23-17(13)27(31)19(29)15(16)18(28)24-9-11-5-6-12(21)8-14(11)22/h3-8,10,25-26,31H,9H2,1-2H3,(H,24,28)/t10-/m1/s1. The number of pyridine rings is 2. The highest BCUT2D eigenvalue weighted by molar-refractivity contribution is 6.06. The number of fused-ring (bicyclic) bond motifs is 1. The van der Waals surface area contributed by atoms with E-state index in [9.17, 15) is 28.4 Å². The maximum Gasteiger partial charge on any atom is 0.324 e. The van der Waals surface area contributed by atoms with Gasteiger partial charge in [0.15, 0.2) is 5.65 Å². The van der Waals surface area contributed by atoms with Gasteiger partial charge in [-0.3, -0.25) is 14.4 Å². The molecule has 12 heteroatoms. The second kappa shape index (κ2) is 9.39. The van der Waals surface area contributed by atoms with Gasteiger partial charge in [-0.25, -0.2) is 19.2 Å². The van der Waals surface area contributed by atoms with Crippen molar-refractivity contribution in [3.05, 3.63) is 69.6 Å². The normalized spacial score (nSPS) is 11.8. The van der Waals surface area contributed by atoms with Crippen LogP contribution in [0.2, 0.25) is 0 Å². The van der Waals surface area contributed by atoms with Crippen molar-refractivity contribution in [3.63, 3.8) is 0 Å². The molecule has 0 saturated carbocycles. The van der Waals surface area contributed by atoms with Gasteiger partial charge in [-0.15, -0.1) is 4.73 Å². The fourth-order valence-corrected chi connectivity index (χ4v) is 2.89. The number of anilines is 1. The van der Waals surface area contributed by atoms with Gasteiger partial charge in [0.2, 0.25) is 0 Å². The van der Waals surface area contributed by atoms with Crippen LogP contribution in [0.15, 0.2) is 41.3 Å². The van der Waals surface area contributed by atoms with E-state index >= 15 is 0 Å². The summed E-state index contributed by atoms with van der Waals surface area (Å²) >= 11 is 0. The van der Waals surface area contributed by atoms with Gasteiger partial charge >= 0.3 is 5.97 Å². The Bertz CT molecular complexity index is 1250. The minimum Gasteiger partial charge on any atom is -0.468 e.